The highest BCUT2D eigenvalue weighted by molar-refractivity contribution is 8.00. The van der Waals surface area contributed by atoms with Crippen LogP contribution in [0.2, 0.25) is 0 Å². The first-order valence-electron chi connectivity index (χ1n) is 8.04. The molecule has 2 heterocycles. The third kappa shape index (κ3) is 4.49. The van der Waals surface area contributed by atoms with Gasteiger partial charge in [-0.15, -0.1) is 0 Å². The molecule has 1 aromatic heterocycles. The normalized spacial score (nSPS) is 15.8. The monoisotopic (exact) mass is 343 g/mol. The summed E-state index contributed by atoms with van der Waals surface area (Å²) in [6.45, 7) is 5.23. The summed E-state index contributed by atoms with van der Waals surface area (Å²) in [6, 6.07) is 13.7. The molecular weight excluding hydrogens is 322 g/mol. The van der Waals surface area contributed by atoms with E-state index in [9.17, 15) is 4.79 Å². The van der Waals surface area contributed by atoms with Gasteiger partial charge in [0.25, 0.3) is 0 Å². The quantitative estimate of drug-likeness (QED) is 0.846. The maximum Gasteiger partial charge on any atom is 0.237 e. The van der Waals surface area contributed by atoms with Crippen molar-refractivity contribution in [2.24, 2.45) is 0 Å². The van der Waals surface area contributed by atoms with Crippen LogP contribution >= 0.6 is 11.8 Å². The number of nitrogens with zero attached hydrogens (tertiary/aromatic N) is 2. The number of anilines is 2. The molecule has 0 saturated carbocycles. The Labute approximate surface area is 146 Å². The minimum Gasteiger partial charge on any atom is -0.378 e. The Bertz CT molecular complexity index is 658. The van der Waals surface area contributed by atoms with Crippen molar-refractivity contribution < 1.29 is 9.53 Å². The van der Waals surface area contributed by atoms with Gasteiger partial charge >= 0.3 is 0 Å². The van der Waals surface area contributed by atoms with E-state index >= 15 is 0 Å². The van der Waals surface area contributed by atoms with Crippen molar-refractivity contribution in [3.05, 3.63) is 48.7 Å². The fourth-order valence-electron chi connectivity index (χ4n) is 2.47. The van der Waals surface area contributed by atoms with E-state index in [2.05, 4.69) is 15.2 Å². The minimum absolute atomic E-state index is 0.0234. The molecule has 0 radical (unpaired) electrons. The number of ether oxygens (including phenoxy) is 1. The number of rotatable bonds is 5. The van der Waals surface area contributed by atoms with Crippen molar-refractivity contribution in [1.82, 2.24) is 4.98 Å². The molecule has 1 fully saturated rings. The van der Waals surface area contributed by atoms with Crippen molar-refractivity contribution in [2.45, 2.75) is 17.2 Å². The molecule has 0 bridgehead atoms. The standard InChI is InChI=1S/C18H21N3O2S/c1-14(24-17-4-2-3-9-19-17)18(22)20-15-5-7-16(8-6-15)21-10-12-23-13-11-21/h2-9,14H,10-13H2,1H3,(H,20,22). The number of benzene rings is 1. The van der Waals surface area contributed by atoms with Crippen molar-refractivity contribution in [1.29, 1.82) is 0 Å². The minimum atomic E-state index is -0.209. The molecule has 1 atom stereocenters. The van der Waals surface area contributed by atoms with Crippen molar-refractivity contribution in [3.63, 3.8) is 0 Å². The van der Waals surface area contributed by atoms with Crippen LogP contribution in [-0.4, -0.2) is 42.4 Å². The lowest BCUT2D eigenvalue weighted by molar-refractivity contribution is -0.115. The van der Waals surface area contributed by atoms with Crippen LogP contribution in [-0.2, 0) is 9.53 Å². The van der Waals surface area contributed by atoms with Gasteiger partial charge in [-0.1, -0.05) is 17.8 Å². The summed E-state index contributed by atoms with van der Waals surface area (Å²) in [5.74, 6) is -0.0234. The number of hydrogen-bond acceptors (Lipinski definition) is 5. The van der Waals surface area contributed by atoms with Gasteiger partial charge in [-0.3, -0.25) is 4.79 Å². The Morgan fingerprint density at radius 3 is 2.62 bits per heavy atom. The number of pyridine rings is 1. The lowest BCUT2D eigenvalue weighted by Gasteiger charge is -2.28. The van der Waals surface area contributed by atoms with E-state index in [0.29, 0.717) is 0 Å². The van der Waals surface area contributed by atoms with Gasteiger partial charge in [0.2, 0.25) is 5.91 Å². The second-order valence-electron chi connectivity index (χ2n) is 5.56. The maximum absolute atomic E-state index is 12.3. The first-order chi connectivity index (χ1) is 11.7. The Morgan fingerprint density at radius 2 is 1.96 bits per heavy atom. The number of hydrogen-bond donors (Lipinski definition) is 1. The molecule has 6 heteroatoms. The van der Waals surface area contributed by atoms with Crippen LogP contribution in [0.3, 0.4) is 0 Å². The molecule has 1 aliphatic rings. The Morgan fingerprint density at radius 1 is 1.21 bits per heavy atom. The molecule has 0 spiro atoms. The lowest BCUT2D eigenvalue weighted by Crippen LogP contribution is -2.36. The van der Waals surface area contributed by atoms with Gasteiger partial charge in [-0.2, -0.15) is 0 Å². The highest BCUT2D eigenvalue weighted by atomic mass is 32.2. The Balaban J connectivity index is 1.55. The summed E-state index contributed by atoms with van der Waals surface area (Å²) in [5, 5.41) is 3.60. The Kier molecular flexibility index (Phi) is 5.72. The van der Waals surface area contributed by atoms with Gasteiger partial charge in [-0.25, -0.2) is 4.98 Å². The smallest absolute Gasteiger partial charge is 0.237 e. The van der Waals surface area contributed by atoms with Crippen LogP contribution in [0.5, 0.6) is 0 Å². The zero-order valence-corrected chi connectivity index (χ0v) is 14.5. The highest BCUT2D eigenvalue weighted by Gasteiger charge is 2.16. The largest absolute Gasteiger partial charge is 0.378 e. The second kappa shape index (κ2) is 8.17. The van der Waals surface area contributed by atoms with Crippen LogP contribution < -0.4 is 10.2 Å². The second-order valence-corrected chi connectivity index (χ2v) is 6.92. The van der Waals surface area contributed by atoms with Gasteiger partial charge < -0.3 is 15.0 Å². The molecule has 24 heavy (non-hydrogen) atoms. The van der Waals surface area contributed by atoms with E-state index < -0.39 is 0 Å². The number of amides is 1. The first kappa shape index (κ1) is 16.8. The van der Waals surface area contributed by atoms with Crippen LogP contribution in [0.1, 0.15) is 6.92 Å². The molecule has 126 valence electrons. The molecule has 1 unspecified atom stereocenters. The molecule has 1 aliphatic heterocycles. The highest BCUT2D eigenvalue weighted by Crippen LogP contribution is 2.23. The fourth-order valence-corrected chi connectivity index (χ4v) is 3.28. The number of carbonyl (C=O) groups is 1. The van der Waals surface area contributed by atoms with E-state index in [1.165, 1.54) is 11.8 Å². The molecule has 1 amide bonds. The number of thioether (sulfide) groups is 1. The summed E-state index contributed by atoms with van der Waals surface area (Å²) in [5.41, 5.74) is 1.97. The lowest BCUT2D eigenvalue weighted by atomic mass is 10.2. The van der Waals surface area contributed by atoms with Gasteiger partial charge in [0.05, 0.1) is 23.5 Å². The molecule has 0 aliphatic carbocycles. The maximum atomic E-state index is 12.3. The number of morpholine rings is 1. The zero-order valence-electron chi connectivity index (χ0n) is 13.6. The van der Waals surface area contributed by atoms with Crippen LogP contribution in [0.25, 0.3) is 0 Å². The van der Waals surface area contributed by atoms with E-state index in [4.69, 9.17) is 4.74 Å². The number of carbonyl (C=O) groups excluding carboxylic acids is 1. The van der Waals surface area contributed by atoms with Crippen molar-refractivity contribution in [3.8, 4) is 0 Å². The fraction of sp³-hybridized carbons (Fsp3) is 0.333. The average Bonchev–Trinajstić information content (AvgIpc) is 2.64. The molecular formula is C18H21N3O2S. The van der Waals surface area contributed by atoms with Gasteiger partial charge in [0, 0.05) is 30.7 Å². The van der Waals surface area contributed by atoms with Gasteiger partial charge in [0.1, 0.15) is 0 Å². The molecule has 3 rings (SSSR count). The van der Waals surface area contributed by atoms with Crippen molar-refractivity contribution in [2.75, 3.05) is 36.5 Å². The van der Waals surface area contributed by atoms with Crippen LogP contribution in [0.4, 0.5) is 11.4 Å². The van der Waals surface area contributed by atoms with Gasteiger partial charge in [-0.05, 0) is 43.3 Å². The topological polar surface area (TPSA) is 54.5 Å². The molecule has 1 saturated heterocycles. The third-order valence-electron chi connectivity index (χ3n) is 3.82. The zero-order chi connectivity index (χ0) is 16.8. The van der Waals surface area contributed by atoms with Crippen LogP contribution in [0, 0.1) is 0 Å². The van der Waals surface area contributed by atoms with E-state index in [0.717, 1.165) is 42.7 Å². The molecule has 1 aromatic carbocycles. The molecule has 5 nitrogen and oxygen atoms in total. The predicted octanol–water partition coefficient (Wildman–Crippen LogP) is 3.04. The Hall–Kier alpha value is -2.05. The van der Waals surface area contributed by atoms with Crippen LogP contribution in [0.15, 0.2) is 53.7 Å². The predicted molar refractivity (Wildman–Crippen MR) is 97.7 cm³/mol. The summed E-state index contributed by atoms with van der Waals surface area (Å²) < 4.78 is 5.37. The number of aromatic nitrogens is 1. The van der Waals surface area contributed by atoms with E-state index in [1.54, 1.807) is 6.20 Å². The molecule has 2 aromatic rings. The summed E-state index contributed by atoms with van der Waals surface area (Å²) in [7, 11) is 0. The molecule has 1 N–H and O–H groups in total. The third-order valence-corrected chi connectivity index (χ3v) is 4.87. The summed E-state index contributed by atoms with van der Waals surface area (Å²) in [4.78, 5) is 18.8. The first-order valence-corrected chi connectivity index (χ1v) is 8.91. The van der Waals surface area contributed by atoms with Crippen molar-refractivity contribution >= 4 is 29.0 Å². The summed E-state index contributed by atoms with van der Waals surface area (Å²) >= 11 is 1.45. The van der Waals surface area contributed by atoms with E-state index in [-0.39, 0.29) is 11.2 Å². The SMILES string of the molecule is CC(Sc1ccccn1)C(=O)Nc1ccc(N2CCOCC2)cc1. The van der Waals surface area contributed by atoms with Gasteiger partial charge in [0.15, 0.2) is 0 Å². The number of nitrogens with one attached hydrogen (secondary N) is 1. The average molecular weight is 343 g/mol. The summed E-state index contributed by atoms with van der Waals surface area (Å²) in [6.07, 6.45) is 1.73. The van der Waals surface area contributed by atoms with E-state index in [1.807, 2.05) is 49.4 Å².